The Morgan fingerprint density at radius 3 is 2.60 bits per heavy atom. The van der Waals surface area contributed by atoms with Gasteiger partial charge < -0.3 is 9.80 Å². The molecule has 0 spiro atoms. The van der Waals surface area contributed by atoms with Crippen LogP contribution in [-0.4, -0.2) is 58.7 Å². The molecule has 0 unspecified atom stereocenters. The van der Waals surface area contributed by atoms with Crippen molar-refractivity contribution in [2.75, 3.05) is 33.2 Å². The first-order valence-electron chi connectivity index (χ1n) is 8.83. The Kier molecular flexibility index (Phi) is 5.34. The molecule has 1 aliphatic heterocycles. The van der Waals surface area contributed by atoms with Crippen LogP contribution < -0.4 is 0 Å². The van der Waals surface area contributed by atoms with Gasteiger partial charge in [-0.25, -0.2) is 4.68 Å². The summed E-state index contributed by atoms with van der Waals surface area (Å²) in [4.78, 5) is 16.7. The molecule has 1 fully saturated rings. The third-order valence-electron chi connectivity index (χ3n) is 4.77. The van der Waals surface area contributed by atoms with Gasteiger partial charge in [0.05, 0.1) is 11.4 Å². The number of hydrogen-bond donors (Lipinski definition) is 0. The van der Waals surface area contributed by atoms with E-state index in [1.54, 1.807) is 6.08 Å². The molecule has 2 aromatic rings. The molecule has 1 aliphatic rings. The highest BCUT2D eigenvalue weighted by Gasteiger charge is 2.16. The van der Waals surface area contributed by atoms with Gasteiger partial charge in [0.15, 0.2) is 0 Å². The van der Waals surface area contributed by atoms with Crippen molar-refractivity contribution in [1.29, 1.82) is 0 Å². The average molecular weight is 338 g/mol. The van der Waals surface area contributed by atoms with Crippen LogP contribution in [0.15, 0.2) is 36.4 Å². The molecule has 25 heavy (non-hydrogen) atoms. The summed E-state index contributed by atoms with van der Waals surface area (Å²) in [6, 6.07) is 10.1. The minimum atomic E-state index is 0.0848. The fourth-order valence-corrected chi connectivity index (χ4v) is 3.24. The number of carbonyl (C=O) groups is 1. The molecule has 0 N–H and O–H groups in total. The number of nitrogens with zero attached hydrogens (tertiary/aromatic N) is 4. The van der Waals surface area contributed by atoms with Crippen molar-refractivity contribution in [1.82, 2.24) is 19.6 Å². The van der Waals surface area contributed by atoms with E-state index in [4.69, 9.17) is 0 Å². The van der Waals surface area contributed by atoms with Crippen molar-refractivity contribution < 1.29 is 4.79 Å². The Bertz CT molecular complexity index is 764. The molecular weight excluding hydrogens is 312 g/mol. The molecule has 1 amide bonds. The molecule has 3 rings (SSSR count). The van der Waals surface area contributed by atoms with Gasteiger partial charge in [-0.1, -0.05) is 18.2 Å². The van der Waals surface area contributed by atoms with Crippen LogP contribution in [-0.2, 0) is 4.79 Å². The second-order valence-electron chi connectivity index (χ2n) is 6.65. The van der Waals surface area contributed by atoms with Gasteiger partial charge in [-0.2, -0.15) is 5.10 Å². The molecule has 0 aliphatic carbocycles. The Morgan fingerprint density at radius 2 is 1.84 bits per heavy atom. The van der Waals surface area contributed by atoms with Crippen molar-refractivity contribution >= 4 is 12.0 Å². The molecule has 5 heteroatoms. The van der Waals surface area contributed by atoms with E-state index in [2.05, 4.69) is 17.0 Å². The third-order valence-corrected chi connectivity index (χ3v) is 4.77. The number of aromatic nitrogens is 2. The van der Waals surface area contributed by atoms with E-state index in [9.17, 15) is 4.79 Å². The van der Waals surface area contributed by atoms with Crippen LogP contribution >= 0.6 is 0 Å². The predicted molar refractivity (Wildman–Crippen MR) is 101 cm³/mol. The van der Waals surface area contributed by atoms with Crippen LogP contribution in [0.5, 0.6) is 0 Å². The molecule has 132 valence electrons. The van der Waals surface area contributed by atoms with Crippen molar-refractivity contribution in [3.8, 4) is 5.69 Å². The highest BCUT2D eigenvalue weighted by Crippen LogP contribution is 2.19. The van der Waals surface area contributed by atoms with Gasteiger partial charge >= 0.3 is 0 Å². The van der Waals surface area contributed by atoms with Gasteiger partial charge in [0.2, 0.25) is 5.91 Å². The van der Waals surface area contributed by atoms with E-state index in [-0.39, 0.29) is 5.91 Å². The van der Waals surface area contributed by atoms with Crippen LogP contribution in [0.25, 0.3) is 11.8 Å². The maximum Gasteiger partial charge on any atom is 0.246 e. The predicted octanol–water partition coefficient (Wildman–Crippen LogP) is 2.67. The largest absolute Gasteiger partial charge is 0.338 e. The van der Waals surface area contributed by atoms with Gasteiger partial charge in [0.25, 0.3) is 0 Å². The SMILES string of the molecule is Cc1nn(-c2ccccc2)c(C)c1/C=C/C(=O)N1CCCN(C)CC1. The molecule has 1 aromatic heterocycles. The van der Waals surface area contributed by atoms with Crippen LogP contribution in [0.2, 0.25) is 0 Å². The smallest absolute Gasteiger partial charge is 0.246 e. The second-order valence-corrected chi connectivity index (χ2v) is 6.65. The first-order valence-corrected chi connectivity index (χ1v) is 8.83. The number of benzene rings is 1. The first-order chi connectivity index (χ1) is 12.1. The quantitative estimate of drug-likeness (QED) is 0.808. The lowest BCUT2D eigenvalue weighted by molar-refractivity contribution is -0.125. The topological polar surface area (TPSA) is 41.4 Å². The Balaban J connectivity index is 1.77. The van der Waals surface area contributed by atoms with E-state index < -0.39 is 0 Å². The van der Waals surface area contributed by atoms with Crippen LogP contribution in [0.3, 0.4) is 0 Å². The summed E-state index contributed by atoms with van der Waals surface area (Å²) in [7, 11) is 2.11. The molecule has 5 nitrogen and oxygen atoms in total. The van der Waals surface area contributed by atoms with Crippen molar-refractivity contribution in [3.05, 3.63) is 53.4 Å². The maximum absolute atomic E-state index is 12.5. The van der Waals surface area contributed by atoms with Crippen molar-refractivity contribution in [2.24, 2.45) is 0 Å². The number of amides is 1. The first kappa shape index (κ1) is 17.4. The maximum atomic E-state index is 12.5. The molecule has 2 heterocycles. The molecular formula is C20H26N4O. The standard InChI is InChI=1S/C20H26N4O/c1-16-19(17(2)24(21-16)18-8-5-4-6-9-18)10-11-20(25)23-13-7-12-22(3)14-15-23/h4-6,8-11H,7,12-15H2,1-3H3/b11-10+. The van der Waals surface area contributed by atoms with Gasteiger partial charge in [-0.15, -0.1) is 0 Å². The fourth-order valence-electron chi connectivity index (χ4n) is 3.24. The Morgan fingerprint density at radius 1 is 1.08 bits per heavy atom. The summed E-state index contributed by atoms with van der Waals surface area (Å²) in [5.74, 6) is 0.0848. The lowest BCUT2D eigenvalue weighted by Crippen LogP contribution is -2.33. The molecule has 0 atom stereocenters. The number of hydrogen-bond acceptors (Lipinski definition) is 3. The minimum absolute atomic E-state index is 0.0848. The number of aryl methyl sites for hydroxylation is 1. The number of para-hydroxylation sites is 1. The molecule has 0 saturated carbocycles. The number of likely N-dealkylation sites (N-methyl/N-ethyl adjacent to an activating group) is 1. The number of rotatable bonds is 3. The van der Waals surface area contributed by atoms with Gasteiger partial charge in [-0.3, -0.25) is 4.79 Å². The van der Waals surface area contributed by atoms with E-state index >= 15 is 0 Å². The van der Waals surface area contributed by atoms with E-state index in [0.29, 0.717) is 0 Å². The van der Waals surface area contributed by atoms with E-state index in [1.165, 1.54) is 0 Å². The summed E-state index contributed by atoms with van der Waals surface area (Å²) in [5, 5.41) is 4.63. The monoisotopic (exact) mass is 338 g/mol. The summed E-state index contributed by atoms with van der Waals surface area (Å²) in [6.45, 7) is 7.63. The summed E-state index contributed by atoms with van der Waals surface area (Å²) < 4.78 is 1.93. The average Bonchev–Trinajstić information content (AvgIpc) is 2.76. The van der Waals surface area contributed by atoms with Crippen LogP contribution in [0.4, 0.5) is 0 Å². The Hall–Kier alpha value is -2.40. The van der Waals surface area contributed by atoms with Crippen LogP contribution in [0, 0.1) is 13.8 Å². The van der Waals surface area contributed by atoms with E-state index in [0.717, 1.165) is 55.2 Å². The fraction of sp³-hybridized carbons (Fsp3) is 0.400. The van der Waals surface area contributed by atoms with E-state index in [1.807, 2.05) is 59.8 Å². The lowest BCUT2D eigenvalue weighted by Gasteiger charge is -2.18. The zero-order valence-corrected chi connectivity index (χ0v) is 15.3. The minimum Gasteiger partial charge on any atom is -0.338 e. The van der Waals surface area contributed by atoms with Crippen molar-refractivity contribution in [3.63, 3.8) is 0 Å². The molecule has 1 saturated heterocycles. The Labute approximate surface area is 149 Å². The third kappa shape index (κ3) is 3.99. The van der Waals surface area contributed by atoms with Gasteiger partial charge in [0, 0.05) is 37.0 Å². The van der Waals surface area contributed by atoms with Gasteiger partial charge in [0.1, 0.15) is 0 Å². The normalized spacial score (nSPS) is 16.4. The molecule has 0 bridgehead atoms. The highest BCUT2D eigenvalue weighted by molar-refractivity contribution is 5.92. The zero-order valence-electron chi connectivity index (χ0n) is 15.3. The number of carbonyl (C=O) groups excluding carboxylic acids is 1. The molecule has 1 aromatic carbocycles. The summed E-state index contributed by atoms with van der Waals surface area (Å²) >= 11 is 0. The summed E-state index contributed by atoms with van der Waals surface area (Å²) in [5.41, 5.74) is 4.03. The van der Waals surface area contributed by atoms with Crippen molar-refractivity contribution in [2.45, 2.75) is 20.3 Å². The lowest BCUT2D eigenvalue weighted by atomic mass is 10.1. The highest BCUT2D eigenvalue weighted by atomic mass is 16.2. The zero-order chi connectivity index (χ0) is 17.8. The van der Waals surface area contributed by atoms with Crippen LogP contribution in [0.1, 0.15) is 23.4 Å². The summed E-state index contributed by atoms with van der Waals surface area (Å²) in [6.07, 6.45) is 4.63. The molecule has 0 radical (unpaired) electrons. The van der Waals surface area contributed by atoms with Gasteiger partial charge in [-0.05, 0) is 52.1 Å². The second kappa shape index (κ2) is 7.66.